The maximum absolute atomic E-state index is 5.73. The SMILES string of the molecule is CCCNC(c1occc1Br)C1Cc2ccccc2C1. The second-order valence-corrected chi connectivity index (χ2v) is 6.36. The van der Waals surface area contributed by atoms with E-state index in [0.29, 0.717) is 5.92 Å². The van der Waals surface area contributed by atoms with Gasteiger partial charge < -0.3 is 9.73 Å². The molecule has 0 radical (unpaired) electrons. The third-order valence-electron chi connectivity index (χ3n) is 4.10. The van der Waals surface area contributed by atoms with Crippen LogP contribution in [-0.4, -0.2) is 6.54 Å². The molecule has 1 aromatic carbocycles. The van der Waals surface area contributed by atoms with Gasteiger partial charge in [-0.2, -0.15) is 0 Å². The lowest BCUT2D eigenvalue weighted by atomic mass is 9.94. The van der Waals surface area contributed by atoms with Crippen LogP contribution in [0.5, 0.6) is 0 Å². The Bertz CT molecular complexity index is 553. The van der Waals surface area contributed by atoms with E-state index in [9.17, 15) is 0 Å². The summed E-state index contributed by atoms with van der Waals surface area (Å²) in [5.41, 5.74) is 2.98. The monoisotopic (exact) mass is 333 g/mol. The molecule has 0 saturated carbocycles. The molecule has 20 heavy (non-hydrogen) atoms. The highest BCUT2D eigenvalue weighted by Gasteiger charge is 2.31. The Balaban J connectivity index is 1.83. The van der Waals surface area contributed by atoms with Crippen LogP contribution < -0.4 is 5.32 Å². The van der Waals surface area contributed by atoms with Gasteiger partial charge in [0, 0.05) is 0 Å². The Morgan fingerprint density at radius 2 is 1.95 bits per heavy atom. The standard InChI is InChI=1S/C17H20BrNO/c1-2-8-19-16(17-15(18)7-9-20-17)14-10-12-5-3-4-6-13(12)11-14/h3-7,9,14,16,19H,2,8,10-11H2,1H3. The van der Waals surface area contributed by atoms with Crippen LogP contribution in [0.1, 0.15) is 36.3 Å². The zero-order chi connectivity index (χ0) is 13.9. The number of benzene rings is 1. The molecular weight excluding hydrogens is 314 g/mol. The fourth-order valence-electron chi connectivity index (χ4n) is 3.13. The average Bonchev–Trinajstić information content (AvgIpc) is 3.06. The normalized spacial score (nSPS) is 16.3. The Morgan fingerprint density at radius 1 is 1.25 bits per heavy atom. The van der Waals surface area contributed by atoms with Gasteiger partial charge in [-0.1, -0.05) is 31.2 Å². The minimum atomic E-state index is 0.284. The lowest BCUT2D eigenvalue weighted by molar-refractivity contribution is 0.315. The highest BCUT2D eigenvalue weighted by molar-refractivity contribution is 9.10. The minimum Gasteiger partial charge on any atom is -0.466 e. The molecule has 1 atom stereocenters. The fraction of sp³-hybridized carbons (Fsp3) is 0.412. The number of furan rings is 1. The van der Waals surface area contributed by atoms with Gasteiger partial charge in [-0.15, -0.1) is 0 Å². The predicted octanol–water partition coefficient (Wildman–Crippen LogP) is 4.50. The van der Waals surface area contributed by atoms with Gasteiger partial charge in [0.05, 0.1) is 16.8 Å². The van der Waals surface area contributed by atoms with Crippen molar-refractivity contribution in [3.63, 3.8) is 0 Å². The van der Waals surface area contributed by atoms with Crippen molar-refractivity contribution in [3.05, 3.63) is 58.0 Å². The molecule has 1 aliphatic carbocycles. The van der Waals surface area contributed by atoms with Crippen LogP contribution in [0.2, 0.25) is 0 Å². The first-order valence-electron chi connectivity index (χ1n) is 7.32. The van der Waals surface area contributed by atoms with Crippen molar-refractivity contribution in [2.45, 2.75) is 32.2 Å². The highest BCUT2D eigenvalue weighted by atomic mass is 79.9. The van der Waals surface area contributed by atoms with Crippen molar-refractivity contribution in [2.24, 2.45) is 5.92 Å². The molecule has 0 spiro atoms. The van der Waals surface area contributed by atoms with Crippen molar-refractivity contribution in [2.75, 3.05) is 6.54 Å². The van der Waals surface area contributed by atoms with Crippen LogP contribution in [-0.2, 0) is 12.8 Å². The molecule has 0 amide bonds. The van der Waals surface area contributed by atoms with Crippen molar-refractivity contribution in [1.82, 2.24) is 5.32 Å². The van der Waals surface area contributed by atoms with Crippen LogP contribution in [0.3, 0.4) is 0 Å². The summed E-state index contributed by atoms with van der Waals surface area (Å²) in [6, 6.07) is 11.0. The summed E-state index contributed by atoms with van der Waals surface area (Å²) in [6.07, 6.45) is 5.16. The number of fused-ring (bicyclic) bond motifs is 1. The average molecular weight is 334 g/mol. The molecule has 2 nitrogen and oxygen atoms in total. The molecule has 1 unspecified atom stereocenters. The fourth-order valence-corrected chi connectivity index (χ4v) is 3.58. The molecule has 1 N–H and O–H groups in total. The van der Waals surface area contributed by atoms with E-state index in [-0.39, 0.29) is 6.04 Å². The molecule has 0 fully saturated rings. The number of nitrogens with one attached hydrogen (secondary N) is 1. The Morgan fingerprint density at radius 3 is 2.50 bits per heavy atom. The lowest BCUT2D eigenvalue weighted by Gasteiger charge is -2.23. The van der Waals surface area contributed by atoms with Gasteiger partial charge in [0.2, 0.25) is 0 Å². The molecule has 0 aliphatic heterocycles. The summed E-state index contributed by atoms with van der Waals surface area (Å²) < 4.78 is 6.80. The van der Waals surface area contributed by atoms with E-state index in [2.05, 4.69) is 52.4 Å². The van der Waals surface area contributed by atoms with Crippen LogP contribution in [0.15, 0.2) is 45.5 Å². The number of halogens is 1. The molecule has 3 heteroatoms. The van der Waals surface area contributed by atoms with E-state index < -0.39 is 0 Å². The molecule has 0 saturated heterocycles. The highest BCUT2D eigenvalue weighted by Crippen LogP contribution is 2.38. The van der Waals surface area contributed by atoms with Crippen LogP contribution in [0, 0.1) is 5.92 Å². The molecule has 0 bridgehead atoms. The first kappa shape index (κ1) is 13.9. The molecule has 3 rings (SSSR count). The molecule has 2 aromatic rings. The van der Waals surface area contributed by atoms with Gasteiger partial charge in [-0.05, 0) is 64.8 Å². The second kappa shape index (κ2) is 6.15. The van der Waals surface area contributed by atoms with E-state index in [0.717, 1.165) is 36.0 Å². The summed E-state index contributed by atoms with van der Waals surface area (Å²) in [6.45, 7) is 3.22. The van der Waals surface area contributed by atoms with Gasteiger partial charge in [-0.25, -0.2) is 0 Å². The smallest absolute Gasteiger partial charge is 0.135 e. The van der Waals surface area contributed by atoms with Crippen molar-refractivity contribution < 1.29 is 4.42 Å². The molecule has 1 aliphatic rings. The predicted molar refractivity (Wildman–Crippen MR) is 84.8 cm³/mol. The Kier molecular flexibility index (Phi) is 4.27. The first-order chi connectivity index (χ1) is 9.79. The van der Waals surface area contributed by atoms with E-state index in [1.165, 1.54) is 11.1 Å². The summed E-state index contributed by atoms with van der Waals surface area (Å²) in [5.74, 6) is 1.61. The topological polar surface area (TPSA) is 25.2 Å². The van der Waals surface area contributed by atoms with Gasteiger partial charge in [0.25, 0.3) is 0 Å². The molecule has 106 valence electrons. The largest absolute Gasteiger partial charge is 0.466 e. The lowest BCUT2D eigenvalue weighted by Crippen LogP contribution is -2.29. The maximum Gasteiger partial charge on any atom is 0.135 e. The number of rotatable bonds is 5. The van der Waals surface area contributed by atoms with Gasteiger partial charge in [0.15, 0.2) is 0 Å². The van der Waals surface area contributed by atoms with Crippen molar-refractivity contribution in [1.29, 1.82) is 0 Å². The summed E-state index contributed by atoms with van der Waals surface area (Å²) in [5, 5.41) is 3.67. The van der Waals surface area contributed by atoms with E-state index in [1.54, 1.807) is 6.26 Å². The zero-order valence-corrected chi connectivity index (χ0v) is 13.3. The summed E-state index contributed by atoms with van der Waals surface area (Å²) in [4.78, 5) is 0. The van der Waals surface area contributed by atoms with E-state index in [4.69, 9.17) is 4.42 Å². The quantitative estimate of drug-likeness (QED) is 0.871. The van der Waals surface area contributed by atoms with Crippen LogP contribution in [0.25, 0.3) is 0 Å². The van der Waals surface area contributed by atoms with Gasteiger partial charge in [0.1, 0.15) is 5.76 Å². The maximum atomic E-state index is 5.73. The van der Waals surface area contributed by atoms with Crippen LogP contribution >= 0.6 is 15.9 Å². The van der Waals surface area contributed by atoms with Crippen molar-refractivity contribution in [3.8, 4) is 0 Å². The van der Waals surface area contributed by atoms with Gasteiger partial charge in [-0.3, -0.25) is 0 Å². The summed E-state index contributed by atoms with van der Waals surface area (Å²) in [7, 11) is 0. The third kappa shape index (κ3) is 2.70. The number of hydrogen-bond donors (Lipinski definition) is 1. The molecular formula is C17H20BrNO. The Hall–Kier alpha value is -1.06. The zero-order valence-electron chi connectivity index (χ0n) is 11.7. The molecule has 1 aromatic heterocycles. The van der Waals surface area contributed by atoms with Gasteiger partial charge >= 0.3 is 0 Å². The third-order valence-corrected chi connectivity index (χ3v) is 4.75. The molecule has 1 heterocycles. The first-order valence-corrected chi connectivity index (χ1v) is 8.12. The Labute approximate surface area is 128 Å². The van der Waals surface area contributed by atoms with Crippen molar-refractivity contribution >= 4 is 15.9 Å². The summed E-state index contributed by atoms with van der Waals surface area (Å²) >= 11 is 3.61. The minimum absolute atomic E-state index is 0.284. The van der Waals surface area contributed by atoms with E-state index >= 15 is 0 Å². The number of hydrogen-bond acceptors (Lipinski definition) is 2. The van der Waals surface area contributed by atoms with Crippen LogP contribution in [0.4, 0.5) is 0 Å². The second-order valence-electron chi connectivity index (χ2n) is 5.50. The van der Waals surface area contributed by atoms with E-state index in [1.807, 2.05) is 6.07 Å².